The second-order valence-electron chi connectivity index (χ2n) is 9.33. The fourth-order valence-electron chi connectivity index (χ4n) is 4.87. The number of carbonyl (C=O) groups excluding carboxylic acids is 1. The Hall–Kier alpha value is -2.47. The van der Waals surface area contributed by atoms with E-state index in [1.54, 1.807) is 6.07 Å². The third-order valence-corrected chi connectivity index (χ3v) is 6.95. The van der Waals surface area contributed by atoms with Gasteiger partial charge < -0.3 is 15.0 Å². The summed E-state index contributed by atoms with van der Waals surface area (Å²) in [6.45, 7) is 4.03. The van der Waals surface area contributed by atoms with Crippen molar-refractivity contribution >= 4 is 11.6 Å². The van der Waals surface area contributed by atoms with Gasteiger partial charge >= 0.3 is 6.18 Å². The van der Waals surface area contributed by atoms with E-state index in [-0.39, 0.29) is 17.7 Å². The molecule has 9 heteroatoms. The standard InChI is InChI=1S/C25H35F3N4O2/c1-34-23-17-20(25(26,27)28)16-22(18-23)32-14-12-31(13-15-32)11-9-19-5-7-21(8-6-19)30-24(33)4-2-3-10-29/h16-19,21H,2-9,11-15H2,1H3,(H,30,33). The molecule has 1 saturated heterocycles. The molecule has 1 aliphatic heterocycles. The molecule has 1 amide bonds. The van der Waals surface area contributed by atoms with Crippen molar-refractivity contribution in [1.29, 1.82) is 5.26 Å². The molecule has 0 bridgehead atoms. The summed E-state index contributed by atoms with van der Waals surface area (Å²) in [6, 6.07) is 6.23. The van der Waals surface area contributed by atoms with Crippen LogP contribution in [-0.2, 0) is 11.0 Å². The normalized spacial score (nSPS) is 21.7. The van der Waals surface area contributed by atoms with E-state index in [2.05, 4.69) is 16.3 Å². The van der Waals surface area contributed by atoms with Gasteiger partial charge in [-0.1, -0.05) is 0 Å². The van der Waals surface area contributed by atoms with Crippen LogP contribution >= 0.6 is 0 Å². The highest BCUT2D eigenvalue weighted by Crippen LogP contribution is 2.35. The van der Waals surface area contributed by atoms with Crippen molar-refractivity contribution in [2.75, 3.05) is 44.7 Å². The maximum Gasteiger partial charge on any atom is 0.416 e. The number of nitrogens with zero attached hydrogens (tertiary/aromatic N) is 3. The van der Waals surface area contributed by atoms with E-state index in [0.29, 0.717) is 44.0 Å². The summed E-state index contributed by atoms with van der Waals surface area (Å²) in [5, 5.41) is 11.7. The molecule has 3 rings (SSSR count). The van der Waals surface area contributed by atoms with E-state index < -0.39 is 11.7 Å². The van der Waals surface area contributed by atoms with Crippen LogP contribution in [0.4, 0.5) is 18.9 Å². The lowest BCUT2D eigenvalue weighted by Crippen LogP contribution is -2.47. The highest BCUT2D eigenvalue weighted by molar-refractivity contribution is 5.76. The number of piperazine rings is 1. The van der Waals surface area contributed by atoms with Crippen LogP contribution in [0.5, 0.6) is 5.75 Å². The fraction of sp³-hybridized carbons (Fsp3) is 0.680. The van der Waals surface area contributed by atoms with Crippen LogP contribution in [0.2, 0.25) is 0 Å². The summed E-state index contributed by atoms with van der Waals surface area (Å²) in [5.74, 6) is 0.925. The average Bonchev–Trinajstić information content (AvgIpc) is 2.83. The maximum absolute atomic E-state index is 13.2. The van der Waals surface area contributed by atoms with Crippen molar-refractivity contribution in [3.63, 3.8) is 0 Å². The lowest BCUT2D eigenvalue weighted by molar-refractivity contribution is -0.137. The summed E-state index contributed by atoms with van der Waals surface area (Å²) in [7, 11) is 1.38. The number of halogens is 3. The first-order valence-corrected chi connectivity index (χ1v) is 12.2. The Bertz CT molecular complexity index is 840. The van der Waals surface area contributed by atoms with Crippen LogP contribution in [0.15, 0.2) is 18.2 Å². The largest absolute Gasteiger partial charge is 0.497 e. The Morgan fingerprint density at radius 3 is 2.47 bits per heavy atom. The first kappa shape index (κ1) is 26.1. The molecule has 1 heterocycles. The van der Waals surface area contributed by atoms with Gasteiger partial charge in [0.15, 0.2) is 0 Å². The Balaban J connectivity index is 1.38. The van der Waals surface area contributed by atoms with Gasteiger partial charge in [-0.05, 0) is 63.1 Å². The zero-order valence-corrected chi connectivity index (χ0v) is 19.9. The van der Waals surface area contributed by atoms with Gasteiger partial charge in [-0.3, -0.25) is 9.69 Å². The van der Waals surface area contributed by atoms with Crippen LogP contribution in [0.3, 0.4) is 0 Å². The molecule has 1 N–H and O–H groups in total. The van der Waals surface area contributed by atoms with Crippen molar-refractivity contribution in [2.24, 2.45) is 5.92 Å². The van der Waals surface area contributed by atoms with E-state index in [1.165, 1.54) is 13.2 Å². The summed E-state index contributed by atoms with van der Waals surface area (Å²) in [5.41, 5.74) is -0.127. The number of nitriles is 1. The fourth-order valence-corrected chi connectivity index (χ4v) is 4.87. The van der Waals surface area contributed by atoms with Gasteiger partial charge in [0.1, 0.15) is 5.75 Å². The van der Waals surface area contributed by atoms with Crippen molar-refractivity contribution in [3.05, 3.63) is 23.8 Å². The summed E-state index contributed by atoms with van der Waals surface area (Å²) < 4.78 is 44.8. The van der Waals surface area contributed by atoms with Crippen LogP contribution < -0.4 is 15.0 Å². The summed E-state index contributed by atoms with van der Waals surface area (Å²) in [4.78, 5) is 16.3. The number of carbonyl (C=O) groups is 1. The van der Waals surface area contributed by atoms with E-state index in [9.17, 15) is 18.0 Å². The van der Waals surface area contributed by atoms with Crippen LogP contribution in [0.1, 0.15) is 56.9 Å². The van der Waals surface area contributed by atoms with Gasteiger partial charge in [-0.25, -0.2) is 0 Å². The number of hydrogen-bond acceptors (Lipinski definition) is 5. The molecule has 0 spiro atoms. The number of ether oxygens (including phenoxy) is 1. The van der Waals surface area contributed by atoms with Gasteiger partial charge in [0, 0.05) is 56.8 Å². The number of nitrogens with one attached hydrogen (secondary N) is 1. The van der Waals surface area contributed by atoms with Gasteiger partial charge in [0.2, 0.25) is 5.91 Å². The highest BCUT2D eigenvalue weighted by Gasteiger charge is 2.32. The molecule has 6 nitrogen and oxygen atoms in total. The molecule has 1 saturated carbocycles. The SMILES string of the molecule is COc1cc(N2CCN(CCC3CCC(NC(=O)CCCC#N)CC3)CC2)cc(C(F)(F)F)c1. The van der Waals surface area contributed by atoms with Crippen molar-refractivity contribution in [1.82, 2.24) is 10.2 Å². The highest BCUT2D eigenvalue weighted by atomic mass is 19.4. The molecule has 0 unspecified atom stereocenters. The number of unbranched alkanes of at least 4 members (excludes halogenated alkanes) is 1. The lowest BCUT2D eigenvalue weighted by atomic mass is 9.84. The first-order valence-electron chi connectivity index (χ1n) is 12.2. The molecule has 2 aliphatic rings. The maximum atomic E-state index is 13.2. The lowest BCUT2D eigenvalue weighted by Gasteiger charge is -2.37. The monoisotopic (exact) mass is 480 g/mol. The van der Waals surface area contributed by atoms with Crippen molar-refractivity contribution < 1.29 is 22.7 Å². The van der Waals surface area contributed by atoms with E-state index in [1.807, 2.05) is 4.90 Å². The summed E-state index contributed by atoms with van der Waals surface area (Å²) in [6.07, 6.45) is 2.38. The molecule has 2 fully saturated rings. The number of benzene rings is 1. The zero-order valence-electron chi connectivity index (χ0n) is 19.9. The minimum absolute atomic E-state index is 0.0509. The average molecular weight is 481 g/mol. The van der Waals surface area contributed by atoms with Crippen molar-refractivity contribution in [3.8, 4) is 11.8 Å². The quantitative estimate of drug-likeness (QED) is 0.524. The van der Waals surface area contributed by atoms with Gasteiger partial charge in [0.05, 0.1) is 18.7 Å². The van der Waals surface area contributed by atoms with Gasteiger partial charge in [-0.2, -0.15) is 18.4 Å². The molecule has 1 aromatic carbocycles. The topological polar surface area (TPSA) is 68.6 Å². The van der Waals surface area contributed by atoms with E-state index in [0.717, 1.165) is 57.8 Å². The second kappa shape index (κ2) is 12.3. The first-order chi connectivity index (χ1) is 16.3. The number of hydrogen-bond donors (Lipinski definition) is 1. The predicted octanol–water partition coefficient (Wildman–Crippen LogP) is 4.59. The smallest absolute Gasteiger partial charge is 0.416 e. The van der Waals surface area contributed by atoms with Crippen molar-refractivity contribution in [2.45, 2.75) is 63.6 Å². The zero-order chi connectivity index (χ0) is 24.6. The molecular weight excluding hydrogens is 445 g/mol. The number of amides is 1. The van der Waals surface area contributed by atoms with Crippen LogP contribution in [0.25, 0.3) is 0 Å². The van der Waals surface area contributed by atoms with E-state index >= 15 is 0 Å². The van der Waals surface area contributed by atoms with Crippen LogP contribution in [-0.4, -0.2) is 56.7 Å². The minimum atomic E-state index is -4.40. The number of rotatable bonds is 9. The van der Waals surface area contributed by atoms with Gasteiger partial charge in [-0.15, -0.1) is 0 Å². The molecule has 34 heavy (non-hydrogen) atoms. The third-order valence-electron chi connectivity index (χ3n) is 6.95. The molecule has 0 atom stereocenters. The number of alkyl halides is 3. The molecule has 1 aromatic rings. The van der Waals surface area contributed by atoms with Gasteiger partial charge in [0.25, 0.3) is 0 Å². The number of methoxy groups -OCH3 is 1. The predicted molar refractivity (Wildman–Crippen MR) is 125 cm³/mol. The molecule has 188 valence electrons. The summed E-state index contributed by atoms with van der Waals surface area (Å²) >= 11 is 0. The minimum Gasteiger partial charge on any atom is -0.497 e. The van der Waals surface area contributed by atoms with Crippen LogP contribution in [0, 0.1) is 17.2 Å². The number of anilines is 1. The Kier molecular flexibility index (Phi) is 9.45. The molecule has 0 aromatic heterocycles. The van der Waals surface area contributed by atoms with E-state index in [4.69, 9.17) is 10.00 Å². The Morgan fingerprint density at radius 1 is 1.15 bits per heavy atom. The third kappa shape index (κ3) is 7.79. The second-order valence-corrected chi connectivity index (χ2v) is 9.33. The Labute approximate surface area is 200 Å². The Morgan fingerprint density at radius 2 is 1.85 bits per heavy atom. The molecule has 0 radical (unpaired) electrons. The molecule has 1 aliphatic carbocycles. The molecular formula is C25H35F3N4O2.